The molecule has 2 saturated carbocycles. The lowest BCUT2D eigenvalue weighted by molar-refractivity contribution is -0.124. The van der Waals surface area contributed by atoms with Crippen LogP contribution in [-0.2, 0) is 19.2 Å². The molecule has 4 fully saturated rings. The average molecular weight is 457 g/mol. The molecule has 1 aromatic rings. The first kappa shape index (κ1) is 20.4. The molecular formula is C28H28N2O4. The standard InChI is InChI=1S/C28H28N2O4/c1-11-12(2)24(30-27(33)21-17-7-8-18(10-17)22(21)28(30)34)14(4)13(3)23(11)29-25(31)19-15-5-6-16(9-15)20(19)26(29)32/h5-8,15-22H,9-10H2,1-4H3/t15-,16+,17?,18?,19-,20+,21?,22?. The van der Waals surface area contributed by atoms with Crippen molar-refractivity contribution >= 4 is 35.0 Å². The van der Waals surface area contributed by atoms with Gasteiger partial charge in [-0.2, -0.15) is 0 Å². The van der Waals surface area contributed by atoms with Gasteiger partial charge in [-0.05, 0) is 86.5 Å². The summed E-state index contributed by atoms with van der Waals surface area (Å²) in [5.41, 5.74) is 4.45. The molecule has 2 saturated heterocycles. The molecule has 1 aromatic carbocycles. The van der Waals surface area contributed by atoms with Gasteiger partial charge in [-0.1, -0.05) is 24.3 Å². The zero-order chi connectivity index (χ0) is 23.8. The molecule has 4 bridgehead atoms. The van der Waals surface area contributed by atoms with E-state index < -0.39 is 0 Å². The summed E-state index contributed by atoms with van der Waals surface area (Å²) in [7, 11) is 0. The zero-order valence-corrected chi connectivity index (χ0v) is 19.9. The van der Waals surface area contributed by atoms with E-state index in [-0.39, 0.29) is 71.0 Å². The van der Waals surface area contributed by atoms with Gasteiger partial charge in [-0.25, -0.2) is 9.80 Å². The molecule has 4 unspecified atom stereocenters. The Bertz CT molecular complexity index is 1120. The van der Waals surface area contributed by atoms with Crippen molar-refractivity contribution in [1.29, 1.82) is 0 Å². The summed E-state index contributed by atoms with van der Waals surface area (Å²) in [6.45, 7) is 7.61. The minimum atomic E-state index is -0.259. The molecule has 4 aliphatic carbocycles. The van der Waals surface area contributed by atoms with Gasteiger partial charge >= 0.3 is 0 Å². The smallest absolute Gasteiger partial charge is 0.238 e. The second-order valence-electron chi connectivity index (χ2n) is 11.2. The monoisotopic (exact) mass is 456 g/mol. The van der Waals surface area contributed by atoms with Crippen molar-refractivity contribution in [3.8, 4) is 0 Å². The van der Waals surface area contributed by atoms with Gasteiger partial charge in [0.25, 0.3) is 0 Å². The molecule has 34 heavy (non-hydrogen) atoms. The number of amides is 4. The topological polar surface area (TPSA) is 74.8 Å². The molecule has 174 valence electrons. The largest absolute Gasteiger partial charge is 0.274 e. The van der Waals surface area contributed by atoms with Crippen molar-refractivity contribution in [3.63, 3.8) is 0 Å². The van der Waals surface area contributed by atoms with Gasteiger partial charge in [0.05, 0.1) is 35.0 Å². The van der Waals surface area contributed by atoms with Crippen LogP contribution in [0.25, 0.3) is 0 Å². The predicted octanol–water partition coefficient (Wildman–Crippen LogP) is 3.54. The lowest BCUT2D eigenvalue weighted by Gasteiger charge is -2.29. The summed E-state index contributed by atoms with van der Waals surface area (Å²) in [5, 5.41) is 0. The van der Waals surface area contributed by atoms with E-state index in [1.54, 1.807) is 0 Å². The Kier molecular flexibility index (Phi) is 3.80. The number of hydrogen-bond acceptors (Lipinski definition) is 4. The predicted molar refractivity (Wildman–Crippen MR) is 126 cm³/mol. The summed E-state index contributed by atoms with van der Waals surface area (Å²) in [4.78, 5) is 56.9. The van der Waals surface area contributed by atoms with Crippen molar-refractivity contribution in [2.75, 3.05) is 9.80 Å². The van der Waals surface area contributed by atoms with Crippen LogP contribution in [0.2, 0.25) is 0 Å². The number of nitrogens with zero attached hydrogens (tertiary/aromatic N) is 2. The maximum atomic E-state index is 13.5. The summed E-state index contributed by atoms with van der Waals surface area (Å²) < 4.78 is 0. The molecule has 2 aliphatic heterocycles. The van der Waals surface area contributed by atoms with Gasteiger partial charge in [0.2, 0.25) is 23.6 Å². The van der Waals surface area contributed by atoms with Gasteiger partial charge < -0.3 is 0 Å². The van der Waals surface area contributed by atoms with Crippen molar-refractivity contribution in [3.05, 3.63) is 46.6 Å². The van der Waals surface area contributed by atoms with Gasteiger partial charge in [-0.3, -0.25) is 19.2 Å². The number of fused-ring (bicyclic) bond motifs is 10. The Morgan fingerprint density at radius 2 is 0.735 bits per heavy atom. The van der Waals surface area contributed by atoms with E-state index in [0.29, 0.717) is 11.4 Å². The van der Waals surface area contributed by atoms with Crippen LogP contribution in [0.15, 0.2) is 24.3 Å². The quantitative estimate of drug-likeness (QED) is 0.504. The molecule has 6 nitrogen and oxygen atoms in total. The lowest BCUT2D eigenvalue weighted by Crippen LogP contribution is -2.36. The van der Waals surface area contributed by atoms with Crippen molar-refractivity contribution in [2.45, 2.75) is 40.5 Å². The van der Waals surface area contributed by atoms with E-state index in [2.05, 4.69) is 24.3 Å². The highest BCUT2D eigenvalue weighted by atomic mass is 16.2. The van der Waals surface area contributed by atoms with Crippen LogP contribution in [0.1, 0.15) is 35.1 Å². The van der Waals surface area contributed by atoms with Crippen LogP contribution in [0, 0.1) is 75.0 Å². The molecule has 7 rings (SSSR count). The third-order valence-corrected chi connectivity index (χ3v) is 9.93. The van der Waals surface area contributed by atoms with E-state index in [4.69, 9.17) is 0 Å². The summed E-state index contributed by atoms with van der Waals surface area (Å²) in [6, 6.07) is 0. The first-order valence-electron chi connectivity index (χ1n) is 12.4. The van der Waals surface area contributed by atoms with E-state index in [9.17, 15) is 19.2 Å². The van der Waals surface area contributed by atoms with Crippen LogP contribution in [0.3, 0.4) is 0 Å². The number of rotatable bonds is 2. The number of benzene rings is 1. The summed E-state index contributed by atoms with van der Waals surface area (Å²) >= 11 is 0. The fourth-order valence-electron chi connectivity index (χ4n) is 8.19. The molecule has 0 aromatic heterocycles. The maximum absolute atomic E-state index is 13.5. The second kappa shape index (κ2) is 6.35. The molecule has 2 heterocycles. The second-order valence-corrected chi connectivity index (χ2v) is 11.2. The van der Waals surface area contributed by atoms with Crippen LogP contribution < -0.4 is 9.80 Å². The van der Waals surface area contributed by atoms with Gasteiger partial charge in [-0.15, -0.1) is 0 Å². The first-order chi connectivity index (χ1) is 16.2. The number of allylic oxidation sites excluding steroid dienone is 4. The number of imide groups is 2. The molecule has 8 atom stereocenters. The molecule has 6 heteroatoms. The highest BCUT2D eigenvalue weighted by Gasteiger charge is 2.61. The number of hydrogen-bond donors (Lipinski definition) is 0. The highest BCUT2D eigenvalue weighted by Crippen LogP contribution is 2.56. The highest BCUT2D eigenvalue weighted by molar-refractivity contribution is 6.25. The van der Waals surface area contributed by atoms with Crippen LogP contribution in [0.4, 0.5) is 11.4 Å². The van der Waals surface area contributed by atoms with E-state index in [0.717, 1.165) is 35.1 Å². The fraction of sp³-hybridized carbons (Fsp3) is 0.500. The molecule has 0 N–H and O–H groups in total. The molecule has 6 aliphatic rings. The Morgan fingerprint density at radius 3 is 0.971 bits per heavy atom. The number of carbonyl (C=O) groups excluding carboxylic acids is 4. The van der Waals surface area contributed by atoms with Crippen molar-refractivity contribution in [2.24, 2.45) is 47.3 Å². The SMILES string of the molecule is Cc1c(C)c(N2C(=O)[C@@H]3[C@H](C2=O)[C@@H]2C=C[C@H]3C2)c(C)c(C)c1N1C(=O)C2C3C=CC(C3)C2C1=O. The van der Waals surface area contributed by atoms with E-state index >= 15 is 0 Å². The zero-order valence-electron chi connectivity index (χ0n) is 19.9. The summed E-state index contributed by atoms with van der Waals surface area (Å²) in [6.07, 6.45) is 10.2. The number of anilines is 2. The van der Waals surface area contributed by atoms with Crippen molar-refractivity contribution < 1.29 is 19.2 Å². The first-order valence-corrected chi connectivity index (χ1v) is 12.4. The van der Waals surface area contributed by atoms with Gasteiger partial charge in [0, 0.05) is 0 Å². The average Bonchev–Trinajstić information content (AvgIpc) is 3.64. The maximum Gasteiger partial charge on any atom is 0.238 e. The molecule has 0 spiro atoms. The Morgan fingerprint density at radius 1 is 0.500 bits per heavy atom. The minimum Gasteiger partial charge on any atom is -0.274 e. The molecule has 4 amide bonds. The summed E-state index contributed by atoms with van der Waals surface area (Å²) in [5.74, 6) is -0.824. The van der Waals surface area contributed by atoms with Crippen LogP contribution in [0.5, 0.6) is 0 Å². The van der Waals surface area contributed by atoms with Crippen molar-refractivity contribution in [1.82, 2.24) is 0 Å². The van der Waals surface area contributed by atoms with E-state index in [1.807, 2.05) is 27.7 Å². The van der Waals surface area contributed by atoms with Crippen LogP contribution >= 0.6 is 0 Å². The Hall–Kier alpha value is -3.02. The lowest BCUT2D eigenvalue weighted by atomic mass is 9.85. The van der Waals surface area contributed by atoms with Crippen LogP contribution in [-0.4, -0.2) is 23.6 Å². The normalized spacial score (nSPS) is 38.8. The number of carbonyl (C=O) groups is 4. The Balaban J connectivity index is 1.33. The van der Waals surface area contributed by atoms with Gasteiger partial charge in [0.15, 0.2) is 0 Å². The fourth-order valence-corrected chi connectivity index (χ4v) is 8.19. The third-order valence-electron chi connectivity index (χ3n) is 9.93. The van der Waals surface area contributed by atoms with Gasteiger partial charge in [0.1, 0.15) is 0 Å². The van der Waals surface area contributed by atoms with E-state index in [1.165, 1.54) is 9.80 Å². The third kappa shape index (κ3) is 2.14. The minimum absolute atomic E-state index is 0.102. The molecular weight excluding hydrogens is 428 g/mol. The Labute approximate surface area is 198 Å². The molecule has 0 radical (unpaired) electrons.